The number of thiophene rings is 1. The van der Waals surface area contributed by atoms with Crippen molar-refractivity contribution in [3.8, 4) is 28.1 Å². The van der Waals surface area contributed by atoms with Gasteiger partial charge in [0.05, 0.1) is 21.8 Å². The van der Waals surface area contributed by atoms with Crippen LogP contribution >= 0.6 is 22.7 Å². The van der Waals surface area contributed by atoms with Crippen molar-refractivity contribution in [2.75, 3.05) is 12.1 Å². The summed E-state index contributed by atoms with van der Waals surface area (Å²) < 4.78 is 12.1. The Morgan fingerprint density at radius 2 is 1.86 bits per heavy atom. The van der Waals surface area contributed by atoms with Gasteiger partial charge in [-0.1, -0.05) is 18.2 Å². The third kappa shape index (κ3) is 4.09. The summed E-state index contributed by atoms with van der Waals surface area (Å²) in [7, 11) is 0. The van der Waals surface area contributed by atoms with E-state index in [9.17, 15) is 4.79 Å². The average Bonchev–Trinajstić information content (AvgIpc) is 3.61. The molecule has 176 valence electrons. The van der Waals surface area contributed by atoms with Gasteiger partial charge in [-0.2, -0.15) is 5.26 Å². The largest absolute Gasteiger partial charge is 0.454 e. The number of ether oxygens (including phenoxy) is 2. The van der Waals surface area contributed by atoms with E-state index in [1.165, 1.54) is 0 Å². The van der Waals surface area contributed by atoms with Gasteiger partial charge in [0.25, 0.3) is 5.91 Å². The summed E-state index contributed by atoms with van der Waals surface area (Å²) in [6.07, 6.45) is 0.692. The number of benzene rings is 3. The van der Waals surface area contributed by atoms with Crippen LogP contribution in [0.15, 0.2) is 66.7 Å². The molecule has 1 amide bonds. The normalized spacial score (nSPS) is 12.0. The van der Waals surface area contributed by atoms with E-state index >= 15 is 0 Å². The smallest absolute Gasteiger partial charge is 0.256 e. The first-order chi connectivity index (χ1) is 17.6. The number of hydrogen-bond acceptors (Lipinski definition) is 7. The Balaban J connectivity index is 1.39. The molecule has 1 N–H and O–H groups in total. The van der Waals surface area contributed by atoms with Gasteiger partial charge < -0.3 is 14.8 Å². The lowest BCUT2D eigenvalue weighted by Gasteiger charge is -2.06. The Labute approximate surface area is 215 Å². The summed E-state index contributed by atoms with van der Waals surface area (Å²) in [4.78, 5) is 19.2. The SMILES string of the molecule is Cc1c(Cc2ccc3c(c2)OCO3)sc(NC(=O)c2ccc(C#N)cc2)c1-c1nc2ccccc2s1. The summed E-state index contributed by atoms with van der Waals surface area (Å²) in [5.74, 6) is 1.28. The van der Waals surface area contributed by atoms with Crippen LogP contribution in [-0.2, 0) is 6.42 Å². The van der Waals surface area contributed by atoms with Crippen molar-refractivity contribution in [3.05, 3.63) is 93.9 Å². The van der Waals surface area contributed by atoms with Gasteiger partial charge in [-0.15, -0.1) is 22.7 Å². The summed E-state index contributed by atoms with van der Waals surface area (Å²) in [6, 6.07) is 22.7. The zero-order chi connectivity index (χ0) is 24.6. The molecule has 0 aliphatic carbocycles. The molecule has 3 heterocycles. The summed E-state index contributed by atoms with van der Waals surface area (Å²) in [5.41, 5.74) is 5.08. The number of rotatable bonds is 5. The molecule has 0 saturated carbocycles. The molecule has 6 rings (SSSR count). The number of amides is 1. The molecule has 0 bridgehead atoms. The van der Waals surface area contributed by atoms with E-state index in [0.29, 0.717) is 17.5 Å². The molecule has 0 atom stereocenters. The lowest BCUT2D eigenvalue weighted by atomic mass is 10.1. The molecule has 0 spiro atoms. The Hall–Kier alpha value is -4.19. The molecule has 0 fully saturated rings. The molecule has 5 aromatic rings. The molecule has 8 heteroatoms. The average molecular weight is 510 g/mol. The Bertz CT molecular complexity index is 1630. The number of fused-ring (bicyclic) bond motifs is 2. The topological polar surface area (TPSA) is 84.2 Å². The van der Waals surface area contributed by atoms with Crippen LogP contribution in [-0.4, -0.2) is 17.7 Å². The van der Waals surface area contributed by atoms with E-state index < -0.39 is 0 Å². The number of nitriles is 1. The van der Waals surface area contributed by atoms with Gasteiger partial charge in [-0.3, -0.25) is 4.79 Å². The lowest BCUT2D eigenvalue weighted by molar-refractivity contribution is 0.102. The van der Waals surface area contributed by atoms with Crippen molar-refractivity contribution < 1.29 is 14.3 Å². The van der Waals surface area contributed by atoms with Crippen molar-refractivity contribution >= 4 is 43.8 Å². The maximum Gasteiger partial charge on any atom is 0.256 e. The quantitative estimate of drug-likeness (QED) is 0.282. The van der Waals surface area contributed by atoms with Crippen LogP contribution in [0.1, 0.15) is 31.9 Å². The van der Waals surface area contributed by atoms with E-state index in [2.05, 4.69) is 24.4 Å². The van der Waals surface area contributed by atoms with Crippen molar-refractivity contribution in [1.29, 1.82) is 5.26 Å². The molecule has 3 aromatic carbocycles. The van der Waals surface area contributed by atoms with E-state index in [1.807, 2.05) is 36.4 Å². The molecule has 0 saturated heterocycles. The highest BCUT2D eigenvalue weighted by molar-refractivity contribution is 7.23. The van der Waals surface area contributed by atoms with Crippen molar-refractivity contribution in [2.24, 2.45) is 0 Å². The Kier molecular flexibility index (Phi) is 5.64. The number of para-hydroxylation sites is 1. The van der Waals surface area contributed by atoms with Gasteiger partial charge in [0.1, 0.15) is 10.0 Å². The summed E-state index contributed by atoms with van der Waals surface area (Å²) >= 11 is 3.17. The molecule has 1 aliphatic heterocycles. The number of nitrogens with zero attached hydrogens (tertiary/aromatic N) is 2. The molecular formula is C28H19N3O3S2. The molecule has 0 radical (unpaired) electrons. The molecule has 2 aromatic heterocycles. The minimum atomic E-state index is -0.224. The van der Waals surface area contributed by atoms with Gasteiger partial charge in [-0.25, -0.2) is 4.98 Å². The fraction of sp³-hybridized carbons (Fsp3) is 0.107. The van der Waals surface area contributed by atoms with E-state index in [-0.39, 0.29) is 12.7 Å². The predicted molar refractivity (Wildman–Crippen MR) is 142 cm³/mol. The number of aromatic nitrogens is 1. The molecule has 0 unspecified atom stereocenters. The number of carbonyl (C=O) groups is 1. The monoisotopic (exact) mass is 509 g/mol. The van der Waals surface area contributed by atoms with Crippen LogP contribution in [0.25, 0.3) is 20.8 Å². The van der Waals surface area contributed by atoms with Gasteiger partial charge in [0.2, 0.25) is 6.79 Å². The maximum absolute atomic E-state index is 13.1. The van der Waals surface area contributed by atoms with Gasteiger partial charge in [0, 0.05) is 22.4 Å². The van der Waals surface area contributed by atoms with Gasteiger partial charge in [-0.05, 0) is 66.6 Å². The number of nitrogens with one attached hydrogen (secondary N) is 1. The Morgan fingerprint density at radius 3 is 2.67 bits per heavy atom. The Morgan fingerprint density at radius 1 is 1.06 bits per heavy atom. The number of thiazole rings is 1. The fourth-order valence-electron chi connectivity index (χ4n) is 4.16. The standard InChI is InChI=1S/C28H19N3O3S2/c1-16-24(13-18-8-11-21-22(12-18)34-15-33-21)36-28(31-26(32)19-9-6-17(14-29)7-10-19)25(16)27-30-20-4-2-3-5-23(20)35-27/h2-12H,13,15H2,1H3,(H,31,32). The van der Waals surface area contributed by atoms with Crippen LogP contribution in [0.2, 0.25) is 0 Å². The number of anilines is 1. The van der Waals surface area contributed by atoms with E-state index in [4.69, 9.17) is 19.7 Å². The molecular weight excluding hydrogens is 490 g/mol. The van der Waals surface area contributed by atoms with Gasteiger partial charge in [0.15, 0.2) is 11.5 Å². The molecule has 36 heavy (non-hydrogen) atoms. The predicted octanol–water partition coefficient (Wildman–Crippen LogP) is 6.78. The number of hydrogen-bond donors (Lipinski definition) is 1. The third-order valence-corrected chi connectivity index (χ3v) is 8.32. The first-order valence-electron chi connectivity index (χ1n) is 11.3. The van der Waals surface area contributed by atoms with Gasteiger partial charge >= 0.3 is 0 Å². The van der Waals surface area contributed by atoms with Crippen LogP contribution in [0.5, 0.6) is 11.5 Å². The zero-order valence-corrected chi connectivity index (χ0v) is 20.8. The first-order valence-corrected chi connectivity index (χ1v) is 12.9. The maximum atomic E-state index is 13.1. The minimum Gasteiger partial charge on any atom is -0.454 e. The van der Waals surface area contributed by atoms with Crippen molar-refractivity contribution in [3.63, 3.8) is 0 Å². The highest BCUT2D eigenvalue weighted by Gasteiger charge is 2.23. The minimum absolute atomic E-state index is 0.224. The molecule has 1 aliphatic rings. The van der Waals surface area contributed by atoms with Crippen LogP contribution < -0.4 is 14.8 Å². The van der Waals surface area contributed by atoms with Crippen LogP contribution in [0, 0.1) is 18.3 Å². The molecule has 6 nitrogen and oxygen atoms in total. The lowest BCUT2D eigenvalue weighted by Crippen LogP contribution is -2.11. The first kappa shape index (κ1) is 22.3. The van der Waals surface area contributed by atoms with Crippen LogP contribution in [0.3, 0.4) is 0 Å². The summed E-state index contributed by atoms with van der Waals surface area (Å²) in [5, 5.41) is 13.8. The highest BCUT2D eigenvalue weighted by Crippen LogP contribution is 2.44. The number of carbonyl (C=O) groups excluding carboxylic acids is 1. The van der Waals surface area contributed by atoms with E-state index in [0.717, 1.165) is 53.3 Å². The van der Waals surface area contributed by atoms with E-state index in [1.54, 1.807) is 46.9 Å². The second-order valence-corrected chi connectivity index (χ2v) is 10.5. The summed E-state index contributed by atoms with van der Waals surface area (Å²) in [6.45, 7) is 2.32. The fourth-order valence-corrected chi connectivity index (χ4v) is 6.54. The van der Waals surface area contributed by atoms with Crippen molar-refractivity contribution in [1.82, 2.24) is 4.98 Å². The van der Waals surface area contributed by atoms with Crippen LogP contribution in [0.4, 0.5) is 5.00 Å². The zero-order valence-electron chi connectivity index (χ0n) is 19.2. The second kappa shape index (κ2) is 9.11. The highest BCUT2D eigenvalue weighted by atomic mass is 32.1. The third-order valence-electron chi connectivity index (χ3n) is 6.06. The van der Waals surface area contributed by atoms with Crippen molar-refractivity contribution in [2.45, 2.75) is 13.3 Å². The second-order valence-electron chi connectivity index (χ2n) is 8.35.